The van der Waals surface area contributed by atoms with Gasteiger partial charge in [-0.2, -0.15) is 0 Å². The fraction of sp³-hybridized carbons (Fsp3) is 0.143. The van der Waals surface area contributed by atoms with Gasteiger partial charge in [0.1, 0.15) is 30.3 Å². The second-order valence-electron chi connectivity index (χ2n) is 6.93. The second kappa shape index (κ2) is 7.99. The van der Waals surface area contributed by atoms with Crippen LogP contribution in [0.4, 0.5) is 24.5 Å². The maximum Gasteiger partial charge on any atom is 0.244 e. The third-order valence-electron chi connectivity index (χ3n) is 4.89. The Morgan fingerprint density at radius 3 is 2.71 bits per heavy atom. The van der Waals surface area contributed by atoms with Gasteiger partial charge in [-0.15, -0.1) is 0 Å². The minimum atomic E-state index is -0.918. The van der Waals surface area contributed by atoms with Gasteiger partial charge in [-0.3, -0.25) is 9.59 Å². The lowest BCUT2D eigenvalue weighted by Crippen LogP contribution is -2.40. The number of amides is 2. The average Bonchev–Trinajstić information content (AvgIpc) is 2.80. The van der Waals surface area contributed by atoms with E-state index in [1.165, 1.54) is 24.7 Å². The van der Waals surface area contributed by atoms with Crippen molar-refractivity contribution >= 4 is 34.8 Å². The second-order valence-corrected chi connectivity index (χ2v) is 7.33. The van der Waals surface area contributed by atoms with E-state index in [-0.39, 0.29) is 33.2 Å². The van der Waals surface area contributed by atoms with Gasteiger partial charge >= 0.3 is 0 Å². The summed E-state index contributed by atoms with van der Waals surface area (Å²) in [6.07, 6.45) is 2.56. The highest BCUT2D eigenvalue weighted by Gasteiger charge is 2.35. The maximum atomic E-state index is 14.8. The first-order valence-corrected chi connectivity index (χ1v) is 9.49. The molecular weight excluding hydrogens is 433 g/mol. The molecule has 0 saturated heterocycles. The Bertz CT molecular complexity index is 1220. The summed E-state index contributed by atoms with van der Waals surface area (Å²) >= 11 is 5.63. The predicted molar refractivity (Wildman–Crippen MR) is 108 cm³/mol. The van der Waals surface area contributed by atoms with Crippen LogP contribution in [0.2, 0.25) is 5.02 Å². The lowest BCUT2D eigenvalue weighted by molar-refractivity contribution is -0.122. The number of anilines is 2. The van der Waals surface area contributed by atoms with Crippen molar-refractivity contribution in [3.63, 3.8) is 0 Å². The van der Waals surface area contributed by atoms with Crippen molar-refractivity contribution in [2.45, 2.75) is 12.8 Å². The minimum Gasteiger partial charge on any atom is -0.324 e. The van der Waals surface area contributed by atoms with E-state index in [2.05, 4.69) is 15.3 Å². The molecule has 158 valence electrons. The van der Waals surface area contributed by atoms with Crippen LogP contribution >= 0.6 is 11.6 Å². The van der Waals surface area contributed by atoms with E-state index in [1.807, 2.05) is 0 Å². The van der Waals surface area contributed by atoms with E-state index < -0.39 is 41.7 Å². The molecule has 2 amide bonds. The number of halogens is 4. The molecule has 0 saturated carbocycles. The van der Waals surface area contributed by atoms with Gasteiger partial charge in [0.05, 0.1) is 22.3 Å². The first kappa shape index (κ1) is 20.8. The number of hydrogen-bond acceptors (Lipinski definition) is 4. The van der Waals surface area contributed by atoms with E-state index in [9.17, 15) is 22.8 Å². The van der Waals surface area contributed by atoms with Gasteiger partial charge in [-0.05, 0) is 31.2 Å². The molecule has 0 bridgehead atoms. The normalized spacial score (nSPS) is 15.2. The van der Waals surface area contributed by atoms with Gasteiger partial charge < -0.3 is 10.2 Å². The number of aromatic nitrogens is 2. The number of fused-ring (bicyclic) bond motifs is 3. The summed E-state index contributed by atoms with van der Waals surface area (Å²) in [5.74, 6) is -4.70. The molecule has 1 unspecified atom stereocenters. The molecule has 1 aromatic heterocycles. The van der Waals surface area contributed by atoms with Crippen molar-refractivity contribution in [1.29, 1.82) is 0 Å². The summed E-state index contributed by atoms with van der Waals surface area (Å²) in [5.41, 5.74) is 0.398. The summed E-state index contributed by atoms with van der Waals surface area (Å²) in [6, 6.07) is 5.33. The molecule has 0 aliphatic carbocycles. The van der Waals surface area contributed by atoms with Crippen LogP contribution in [-0.4, -0.2) is 28.3 Å². The Morgan fingerprint density at radius 1 is 1.19 bits per heavy atom. The number of benzene rings is 2. The van der Waals surface area contributed by atoms with Crippen LogP contribution in [0.25, 0.3) is 11.1 Å². The number of hydrogen-bond donors (Lipinski definition) is 1. The summed E-state index contributed by atoms with van der Waals surface area (Å²) in [5, 5.41) is 2.33. The lowest BCUT2D eigenvalue weighted by Gasteiger charge is -2.24. The van der Waals surface area contributed by atoms with Crippen LogP contribution in [0.5, 0.6) is 0 Å². The molecule has 1 aliphatic rings. The molecule has 2 aromatic carbocycles. The maximum absolute atomic E-state index is 14.8. The van der Waals surface area contributed by atoms with Crippen LogP contribution in [0, 0.1) is 17.5 Å². The van der Waals surface area contributed by atoms with E-state index in [4.69, 9.17) is 11.6 Å². The Labute approximate surface area is 179 Å². The van der Waals surface area contributed by atoms with Crippen molar-refractivity contribution in [1.82, 2.24) is 9.97 Å². The third-order valence-corrected chi connectivity index (χ3v) is 5.20. The molecule has 2 heterocycles. The summed E-state index contributed by atoms with van der Waals surface area (Å²) in [4.78, 5) is 34.7. The SMILES string of the molecule is CC1C(=O)N(CC(=O)Nc2ccc(Cl)c(F)c2)c2cc(F)cc(F)c2-c2cncnc21. The van der Waals surface area contributed by atoms with Gasteiger partial charge in [-0.1, -0.05) is 11.6 Å². The highest BCUT2D eigenvalue weighted by atomic mass is 35.5. The third kappa shape index (κ3) is 3.84. The number of nitrogens with one attached hydrogen (secondary N) is 1. The molecule has 3 aromatic rings. The number of carbonyl (C=O) groups is 2. The van der Waals surface area contributed by atoms with Crippen molar-refractivity contribution in [3.8, 4) is 11.1 Å². The van der Waals surface area contributed by atoms with E-state index >= 15 is 0 Å². The molecule has 31 heavy (non-hydrogen) atoms. The largest absolute Gasteiger partial charge is 0.324 e. The van der Waals surface area contributed by atoms with Crippen LogP contribution < -0.4 is 10.2 Å². The number of rotatable bonds is 3. The highest BCUT2D eigenvalue weighted by Crippen LogP contribution is 2.41. The molecule has 1 atom stereocenters. The zero-order chi connectivity index (χ0) is 22.3. The first-order valence-electron chi connectivity index (χ1n) is 9.12. The zero-order valence-electron chi connectivity index (χ0n) is 16.0. The molecule has 6 nitrogen and oxygen atoms in total. The van der Waals surface area contributed by atoms with E-state index in [0.717, 1.165) is 17.0 Å². The Kier molecular flexibility index (Phi) is 5.36. The summed E-state index contributed by atoms with van der Waals surface area (Å²) in [6.45, 7) is 0.985. The molecule has 1 aliphatic heterocycles. The van der Waals surface area contributed by atoms with E-state index in [1.54, 1.807) is 6.92 Å². The quantitative estimate of drug-likeness (QED) is 0.650. The van der Waals surface area contributed by atoms with Gasteiger partial charge in [0.2, 0.25) is 11.8 Å². The van der Waals surface area contributed by atoms with Crippen molar-refractivity contribution in [3.05, 3.63) is 71.0 Å². The van der Waals surface area contributed by atoms with Crippen LogP contribution in [0.15, 0.2) is 42.9 Å². The van der Waals surface area contributed by atoms with Gasteiger partial charge in [0.15, 0.2) is 0 Å². The fourth-order valence-electron chi connectivity index (χ4n) is 3.47. The number of nitrogens with zero attached hydrogens (tertiary/aromatic N) is 3. The van der Waals surface area contributed by atoms with E-state index in [0.29, 0.717) is 6.07 Å². The summed E-state index contributed by atoms with van der Waals surface area (Å²) < 4.78 is 42.5. The van der Waals surface area contributed by atoms with Crippen molar-refractivity contribution in [2.24, 2.45) is 0 Å². The molecule has 0 spiro atoms. The highest BCUT2D eigenvalue weighted by molar-refractivity contribution is 6.30. The van der Waals surface area contributed by atoms with Crippen LogP contribution in [-0.2, 0) is 9.59 Å². The molecule has 1 N–H and O–H groups in total. The van der Waals surface area contributed by atoms with Crippen molar-refractivity contribution < 1.29 is 22.8 Å². The lowest BCUT2D eigenvalue weighted by atomic mass is 9.98. The zero-order valence-corrected chi connectivity index (χ0v) is 16.8. The topological polar surface area (TPSA) is 75.2 Å². The Morgan fingerprint density at radius 2 is 1.97 bits per heavy atom. The van der Waals surface area contributed by atoms with Crippen LogP contribution in [0.1, 0.15) is 18.5 Å². The minimum absolute atomic E-state index is 0.0833. The Balaban J connectivity index is 1.75. The summed E-state index contributed by atoms with van der Waals surface area (Å²) in [7, 11) is 0. The number of carbonyl (C=O) groups excluding carboxylic acids is 2. The molecule has 4 rings (SSSR count). The average molecular weight is 447 g/mol. The standard InChI is InChI=1S/C21H14ClF3N4O2/c1-10-20-13(7-26-9-27-20)19-16(25)4-11(23)5-17(19)29(21(10)31)8-18(30)28-12-2-3-14(22)15(24)6-12/h2-7,9-10H,8H2,1H3,(H,28,30). The van der Waals surface area contributed by atoms with Gasteiger partial charge in [0.25, 0.3) is 0 Å². The van der Waals surface area contributed by atoms with Gasteiger partial charge in [-0.25, -0.2) is 23.1 Å². The molecule has 10 heteroatoms. The first-order chi connectivity index (χ1) is 14.8. The fourth-order valence-corrected chi connectivity index (χ4v) is 3.58. The Hall–Kier alpha value is -3.46. The van der Waals surface area contributed by atoms with Crippen molar-refractivity contribution in [2.75, 3.05) is 16.8 Å². The smallest absolute Gasteiger partial charge is 0.244 e. The monoisotopic (exact) mass is 446 g/mol. The molecule has 0 radical (unpaired) electrons. The molecular formula is C21H14ClF3N4O2. The predicted octanol–water partition coefficient (Wildman–Crippen LogP) is 4.30. The molecule has 0 fully saturated rings. The van der Waals surface area contributed by atoms with Crippen LogP contribution in [0.3, 0.4) is 0 Å². The van der Waals surface area contributed by atoms with Gasteiger partial charge in [0, 0.05) is 29.1 Å².